The van der Waals surface area contributed by atoms with Crippen LogP contribution in [0.1, 0.15) is 18.5 Å². The number of amides is 1. The monoisotopic (exact) mass is 243 g/mol. The van der Waals surface area contributed by atoms with Crippen LogP contribution in [-0.2, 0) is 4.79 Å². The maximum Gasteiger partial charge on any atom is 0.243 e. The highest BCUT2D eigenvalue weighted by atomic mass is 35.5. The van der Waals surface area contributed by atoms with Crippen LogP contribution in [0, 0.1) is 0 Å². The molecule has 0 spiro atoms. The summed E-state index contributed by atoms with van der Waals surface area (Å²) in [5.74, 6) is -0.237. The SMILES string of the molecule is C=CC(=O)N[C@H](C)c1cc(Cl)ccc1Cl. The molecule has 0 radical (unpaired) electrons. The number of carbonyl (C=O) groups is 1. The molecule has 80 valence electrons. The average molecular weight is 244 g/mol. The molecule has 1 aromatic rings. The van der Waals surface area contributed by atoms with E-state index in [0.29, 0.717) is 10.0 Å². The summed E-state index contributed by atoms with van der Waals surface area (Å²) < 4.78 is 0. The van der Waals surface area contributed by atoms with Gasteiger partial charge < -0.3 is 5.32 Å². The lowest BCUT2D eigenvalue weighted by molar-refractivity contribution is -0.117. The van der Waals surface area contributed by atoms with Crippen LogP contribution in [0.15, 0.2) is 30.9 Å². The summed E-state index contributed by atoms with van der Waals surface area (Å²) in [7, 11) is 0. The zero-order valence-electron chi connectivity index (χ0n) is 8.26. The summed E-state index contributed by atoms with van der Waals surface area (Å²) in [4.78, 5) is 11.1. The first-order chi connectivity index (χ1) is 7.04. The lowest BCUT2D eigenvalue weighted by atomic mass is 10.1. The second-order valence-electron chi connectivity index (χ2n) is 3.10. The Labute approximate surface area is 98.9 Å². The molecule has 2 nitrogen and oxygen atoms in total. The van der Waals surface area contributed by atoms with Crippen LogP contribution in [0.25, 0.3) is 0 Å². The molecule has 0 aliphatic rings. The summed E-state index contributed by atoms with van der Waals surface area (Å²) in [5.41, 5.74) is 0.791. The van der Waals surface area contributed by atoms with Gasteiger partial charge in [0.05, 0.1) is 6.04 Å². The van der Waals surface area contributed by atoms with Crippen molar-refractivity contribution in [2.24, 2.45) is 0 Å². The third kappa shape index (κ3) is 3.26. The fourth-order valence-corrected chi connectivity index (χ4v) is 1.66. The smallest absolute Gasteiger partial charge is 0.243 e. The molecular weight excluding hydrogens is 233 g/mol. The molecule has 1 N–H and O–H groups in total. The Morgan fingerprint density at radius 2 is 2.20 bits per heavy atom. The fourth-order valence-electron chi connectivity index (χ4n) is 1.20. The molecular formula is C11H11Cl2NO. The Balaban J connectivity index is 2.90. The van der Waals surface area contributed by atoms with Crippen molar-refractivity contribution in [3.8, 4) is 0 Å². The van der Waals surface area contributed by atoms with Gasteiger partial charge in [-0.05, 0) is 36.8 Å². The minimum Gasteiger partial charge on any atom is -0.346 e. The van der Waals surface area contributed by atoms with Crippen molar-refractivity contribution in [1.29, 1.82) is 0 Å². The molecule has 0 bridgehead atoms. The highest BCUT2D eigenvalue weighted by Crippen LogP contribution is 2.25. The van der Waals surface area contributed by atoms with Crippen LogP contribution in [0.4, 0.5) is 0 Å². The third-order valence-corrected chi connectivity index (χ3v) is 2.55. The summed E-state index contributed by atoms with van der Waals surface area (Å²) in [6, 6.07) is 4.95. The van der Waals surface area contributed by atoms with E-state index < -0.39 is 0 Å². The van der Waals surface area contributed by atoms with Crippen LogP contribution in [0.5, 0.6) is 0 Å². The van der Waals surface area contributed by atoms with Crippen LogP contribution < -0.4 is 5.32 Å². The van der Waals surface area contributed by atoms with Crippen molar-refractivity contribution >= 4 is 29.1 Å². The van der Waals surface area contributed by atoms with Gasteiger partial charge in [0, 0.05) is 10.0 Å². The Bertz CT molecular complexity index is 390. The lowest BCUT2D eigenvalue weighted by Gasteiger charge is -2.14. The molecule has 1 aromatic carbocycles. The number of nitrogens with one attached hydrogen (secondary N) is 1. The van der Waals surface area contributed by atoms with Crippen molar-refractivity contribution in [3.63, 3.8) is 0 Å². The number of carbonyl (C=O) groups excluding carboxylic acids is 1. The van der Waals surface area contributed by atoms with E-state index in [4.69, 9.17) is 23.2 Å². The van der Waals surface area contributed by atoms with Gasteiger partial charge in [0.15, 0.2) is 0 Å². The standard InChI is InChI=1S/C11H11Cl2NO/c1-3-11(15)14-7(2)9-6-8(12)4-5-10(9)13/h3-7H,1H2,2H3,(H,14,15)/t7-/m1/s1. The summed E-state index contributed by atoms with van der Waals surface area (Å²) in [6.45, 7) is 5.21. The van der Waals surface area contributed by atoms with E-state index in [1.165, 1.54) is 6.08 Å². The second-order valence-corrected chi connectivity index (χ2v) is 3.94. The molecule has 0 aliphatic heterocycles. The number of benzene rings is 1. The molecule has 0 unspecified atom stereocenters. The van der Waals surface area contributed by atoms with Crippen LogP contribution in [-0.4, -0.2) is 5.91 Å². The predicted molar refractivity (Wildman–Crippen MR) is 63.2 cm³/mol. The maximum atomic E-state index is 11.1. The van der Waals surface area contributed by atoms with E-state index >= 15 is 0 Å². The molecule has 1 atom stereocenters. The quantitative estimate of drug-likeness (QED) is 0.811. The minimum absolute atomic E-state index is 0.193. The van der Waals surface area contributed by atoms with Gasteiger partial charge in [-0.15, -0.1) is 0 Å². The van der Waals surface area contributed by atoms with E-state index in [9.17, 15) is 4.79 Å². The molecule has 1 rings (SSSR count). The average Bonchev–Trinajstić information content (AvgIpc) is 2.21. The van der Waals surface area contributed by atoms with E-state index in [2.05, 4.69) is 11.9 Å². The zero-order valence-corrected chi connectivity index (χ0v) is 9.77. The zero-order chi connectivity index (χ0) is 11.4. The first-order valence-electron chi connectivity index (χ1n) is 4.42. The van der Waals surface area contributed by atoms with Crippen molar-refractivity contribution in [2.75, 3.05) is 0 Å². The Morgan fingerprint density at radius 1 is 1.53 bits per heavy atom. The number of hydrogen-bond donors (Lipinski definition) is 1. The highest BCUT2D eigenvalue weighted by Gasteiger charge is 2.11. The predicted octanol–water partition coefficient (Wildman–Crippen LogP) is 3.36. The molecule has 4 heteroatoms. The fraction of sp³-hybridized carbons (Fsp3) is 0.182. The summed E-state index contributed by atoms with van der Waals surface area (Å²) >= 11 is 11.8. The van der Waals surface area contributed by atoms with E-state index in [1.807, 2.05) is 6.92 Å². The van der Waals surface area contributed by atoms with Gasteiger partial charge in [0.2, 0.25) is 5.91 Å². The van der Waals surface area contributed by atoms with Gasteiger partial charge >= 0.3 is 0 Å². The minimum atomic E-state index is -0.237. The van der Waals surface area contributed by atoms with Gasteiger partial charge in [-0.3, -0.25) is 4.79 Å². The molecule has 0 aliphatic carbocycles. The van der Waals surface area contributed by atoms with Crippen LogP contribution in [0.2, 0.25) is 10.0 Å². The van der Waals surface area contributed by atoms with Gasteiger partial charge in [0.1, 0.15) is 0 Å². The molecule has 0 saturated heterocycles. The normalized spacial score (nSPS) is 11.9. The highest BCUT2D eigenvalue weighted by molar-refractivity contribution is 6.33. The molecule has 15 heavy (non-hydrogen) atoms. The second kappa shape index (κ2) is 5.19. The Kier molecular flexibility index (Phi) is 4.18. The first-order valence-corrected chi connectivity index (χ1v) is 5.18. The Morgan fingerprint density at radius 3 is 2.80 bits per heavy atom. The van der Waals surface area contributed by atoms with Gasteiger partial charge in [0.25, 0.3) is 0 Å². The molecule has 0 fully saturated rings. The number of halogens is 2. The molecule has 0 heterocycles. The Hall–Kier alpha value is -0.990. The lowest BCUT2D eigenvalue weighted by Crippen LogP contribution is -2.24. The topological polar surface area (TPSA) is 29.1 Å². The first kappa shape index (κ1) is 12.1. The van der Waals surface area contributed by atoms with Crippen molar-refractivity contribution in [1.82, 2.24) is 5.32 Å². The third-order valence-electron chi connectivity index (χ3n) is 1.97. The van der Waals surface area contributed by atoms with Crippen LogP contribution >= 0.6 is 23.2 Å². The number of rotatable bonds is 3. The van der Waals surface area contributed by atoms with Crippen molar-refractivity contribution < 1.29 is 4.79 Å². The van der Waals surface area contributed by atoms with Crippen molar-refractivity contribution in [2.45, 2.75) is 13.0 Å². The molecule has 0 saturated carbocycles. The van der Waals surface area contributed by atoms with Crippen LogP contribution in [0.3, 0.4) is 0 Å². The maximum absolute atomic E-state index is 11.1. The van der Waals surface area contributed by atoms with Gasteiger partial charge in [-0.1, -0.05) is 29.8 Å². The number of hydrogen-bond acceptors (Lipinski definition) is 1. The van der Waals surface area contributed by atoms with E-state index in [0.717, 1.165) is 5.56 Å². The summed E-state index contributed by atoms with van der Waals surface area (Å²) in [6.07, 6.45) is 1.22. The summed E-state index contributed by atoms with van der Waals surface area (Å²) in [5, 5.41) is 3.89. The van der Waals surface area contributed by atoms with Gasteiger partial charge in [-0.25, -0.2) is 0 Å². The molecule has 1 amide bonds. The largest absolute Gasteiger partial charge is 0.346 e. The van der Waals surface area contributed by atoms with E-state index in [1.54, 1.807) is 18.2 Å². The van der Waals surface area contributed by atoms with Crippen molar-refractivity contribution in [3.05, 3.63) is 46.5 Å². The van der Waals surface area contributed by atoms with Gasteiger partial charge in [-0.2, -0.15) is 0 Å². The van der Waals surface area contributed by atoms with E-state index in [-0.39, 0.29) is 11.9 Å². The molecule has 0 aromatic heterocycles.